The molecule has 0 radical (unpaired) electrons. The molecule has 1 aromatic heterocycles. The maximum absolute atomic E-state index is 12.2. The van der Waals surface area contributed by atoms with Crippen molar-refractivity contribution in [3.05, 3.63) is 29.6 Å². The van der Waals surface area contributed by atoms with E-state index in [9.17, 15) is 13.2 Å². The highest BCUT2D eigenvalue weighted by Crippen LogP contribution is 2.13. The molecule has 1 aromatic rings. The molecule has 1 fully saturated rings. The predicted octanol–water partition coefficient (Wildman–Crippen LogP) is -0.691. The molecule has 7 heteroatoms. The van der Waals surface area contributed by atoms with Gasteiger partial charge in [0.15, 0.2) is 9.84 Å². The standard InChI is InChI=1S/C13H15N3O3S/c14-5-1-2-10-8-15-6-3-12(10)13(17)16-11-4-7-20(18,19)9-11/h3,6,8,11H,4-5,7,9,14H2,(H,16,17). The van der Waals surface area contributed by atoms with Crippen molar-refractivity contribution in [2.45, 2.75) is 12.5 Å². The smallest absolute Gasteiger partial charge is 0.252 e. The van der Waals surface area contributed by atoms with Gasteiger partial charge in [0.1, 0.15) is 0 Å². The van der Waals surface area contributed by atoms with Crippen LogP contribution >= 0.6 is 0 Å². The summed E-state index contributed by atoms with van der Waals surface area (Å²) in [6.45, 7) is 0.191. The molecule has 1 atom stereocenters. The molecule has 106 valence electrons. The van der Waals surface area contributed by atoms with Crippen LogP contribution in [0.2, 0.25) is 0 Å². The van der Waals surface area contributed by atoms with Gasteiger partial charge in [0, 0.05) is 18.4 Å². The number of pyridine rings is 1. The lowest BCUT2D eigenvalue weighted by molar-refractivity contribution is 0.0941. The normalized spacial score (nSPS) is 19.9. The molecule has 0 spiro atoms. The van der Waals surface area contributed by atoms with Crippen molar-refractivity contribution in [3.8, 4) is 11.8 Å². The van der Waals surface area contributed by atoms with E-state index >= 15 is 0 Å². The summed E-state index contributed by atoms with van der Waals surface area (Å²) < 4.78 is 22.7. The van der Waals surface area contributed by atoms with E-state index in [0.717, 1.165) is 0 Å². The second-order valence-electron chi connectivity index (χ2n) is 4.50. The lowest BCUT2D eigenvalue weighted by Crippen LogP contribution is -2.36. The first-order valence-corrected chi connectivity index (χ1v) is 7.98. The summed E-state index contributed by atoms with van der Waals surface area (Å²) in [6, 6.07) is 1.22. The van der Waals surface area contributed by atoms with Crippen molar-refractivity contribution in [1.29, 1.82) is 0 Å². The van der Waals surface area contributed by atoms with Gasteiger partial charge >= 0.3 is 0 Å². The van der Waals surface area contributed by atoms with Gasteiger partial charge < -0.3 is 11.1 Å². The number of aromatic nitrogens is 1. The van der Waals surface area contributed by atoms with Crippen LogP contribution in [0.25, 0.3) is 0 Å². The van der Waals surface area contributed by atoms with Gasteiger partial charge in [-0.05, 0) is 12.5 Å². The average Bonchev–Trinajstić information content (AvgIpc) is 2.76. The Kier molecular flexibility index (Phi) is 4.37. The van der Waals surface area contributed by atoms with Crippen molar-refractivity contribution in [3.63, 3.8) is 0 Å². The molecule has 2 heterocycles. The fourth-order valence-electron chi connectivity index (χ4n) is 2.01. The summed E-state index contributed by atoms with van der Waals surface area (Å²) in [5.74, 6) is 5.22. The Morgan fingerprint density at radius 1 is 1.55 bits per heavy atom. The third-order valence-corrected chi connectivity index (χ3v) is 4.73. The molecule has 3 N–H and O–H groups in total. The van der Waals surface area contributed by atoms with Crippen molar-refractivity contribution >= 4 is 15.7 Å². The Bertz CT molecular complexity index is 674. The number of hydrogen-bond acceptors (Lipinski definition) is 5. The Morgan fingerprint density at radius 2 is 2.35 bits per heavy atom. The molecule has 1 aliphatic heterocycles. The minimum absolute atomic E-state index is 0.00631. The predicted molar refractivity (Wildman–Crippen MR) is 74.7 cm³/mol. The third kappa shape index (κ3) is 3.56. The van der Waals surface area contributed by atoms with E-state index in [-0.39, 0.29) is 30.0 Å². The summed E-state index contributed by atoms with van der Waals surface area (Å²) in [5.41, 5.74) is 6.17. The molecule has 1 saturated heterocycles. The molecule has 1 unspecified atom stereocenters. The molecule has 1 aliphatic rings. The molecule has 2 rings (SSSR count). The van der Waals surface area contributed by atoms with Crippen LogP contribution in [0.15, 0.2) is 18.5 Å². The third-order valence-electron chi connectivity index (χ3n) is 2.96. The second-order valence-corrected chi connectivity index (χ2v) is 6.73. The van der Waals surface area contributed by atoms with Gasteiger partial charge in [0.2, 0.25) is 0 Å². The molecule has 20 heavy (non-hydrogen) atoms. The highest BCUT2D eigenvalue weighted by atomic mass is 32.2. The van der Waals surface area contributed by atoms with Gasteiger partial charge in [-0.1, -0.05) is 11.8 Å². The molecule has 0 aromatic carbocycles. The number of nitrogens with two attached hydrogens (primary N) is 1. The summed E-state index contributed by atoms with van der Waals surface area (Å²) in [6.07, 6.45) is 3.43. The highest BCUT2D eigenvalue weighted by molar-refractivity contribution is 7.91. The second kappa shape index (κ2) is 6.03. The topological polar surface area (TPSA) is 102 Å². The Balaban J connectivity index is 2.14. The zero-order chi connectivity index (χ0) is 14.6. The number of rotatable bonds is 2. The molecule has 0 saturated carbocycles. The van der Waals surface area contributed by atoms with Gasteiger partial charge in [-0.15, -0.1) is 0 Å². The van der Waals surface area contributed by atoms with Crippen molar-refractivity contribution in [2.24, 2.45) is 5.73 Å². The number of nitrogens with one attached hydrogen (secondary N) is 1. The lowest BCUT2D eigenvalue weighted by atomic mass is 10.1. The summed E-state index contributed by atoms with van der Waals surface area (Å²) >= 11 is 0. The maximum Gasteiger partial charge on any atom is 0.252 e. The minimum Gasteiger partial charge on any atom is -0.348 e. The number of hydrogen-bond donors (Lipinski definition) is 2. The maximum atomic E-state index is 12.2. The van der Waals surface area contributed by atoms with Crippen molar-refractivity contribution in [1.82, 2.24) is 10.3 Å². The van der Waals surface area contributed by atoms with Gasteiger partial charge in [-0.3, -0.25) is 9.78 Å². The van der Waals surface area contributed by atoms with E-state index in [2.05, 4.69) is 22.1 Å². The first kappa shape index (κ1) is 14.5. The van der Waals surface area contributed by atoms with Crippen LogP contribution in [0.4, 0.5) is 0 Å². The fraction of sp³-hybridized carbons (Fsp3) is 0.385. The van der Waals surface area contributed by atoms with Crippen LogP contribution in [0.3, 0.4) is 0 Å². The molecular weight excluding hydrogens is 278 g/mol. The summed E-state index contributed by atoms with van der Waals surface area (Å²) in [5, 5.41) is 2.72. The van der Waals surface area contributed by atoms with E-state index in [1.54, 1.807) is 6.07 Å². The number of carbonyl (C=O) groups excluding carboxylic acids is 1. The van der Waals surface area contributed by atoms with Crippen molar-refractivity contribution in [2.75, 3.05) is 18.1 Å². The molecule has 0 aliphatic carbocycles. The first-order chi connectivity index (χ1) is 9.52. The lowest BCUT2D eigenvalue weighted by Gasteiger charge is -2.11. The quantitative estimate of drug-likeness (QED) is 0.703. The van der Waals surface area contributed by atoms with Crippen LogP contribution in [-0.2, 0) is 9.84 Å². The molecule has 1 amide bonds. The SMILES string of the molecule is NCC#Cc1cnccc1C(=O)NC1CCS(=O)(=O)C1. The van der Waals surface area contributed by atoms with Gasteiger partial charge in [-0.2, -0.15) is 0 Å². The van der Waals surface area contributed by atoms with Gasteiger partial charge in [-0.25, -0.2) is 8.42 Å². The van der Waals surface area contributed by atoms with Crippen LogP contribution in [0.1, 0.15) is 22.3 Å². The van der Waals surface area contributed by atoms with E-state index in [4.69, 9.17) is 5.73 Å². The molecule has 0 bridgehead atoms. The molecular formula is C13H15N3O3S. The summed E-state index contributed by atoms with van der Waals surface area (Å²) in [4.78, 5) is 16.1. The van der Waals surface area contributed by atoms with Crippen LogP contribution in [0.5, 0.6) is 0 Å². The Morgan fingerprint density at radius 3 is 3.00 bits per heavy atom. The number of carbonyl (C=O) groups is 1. The zero-order valence-corrected chi connectivity index (χ0v) is 11.6. The molecule has 6 nitrogen and oxygen atoms in total. The fourth-order valence-corrected chi connectivity index (χ4v) is 3.68. The largest absolute Gasteiger partial charge is 0.348 e. The Hall–Kier alpha value is -1.91. The number of amides is 1. The van der Waals surface area contributed by atoms with E-state index < -0.39 is 9.84 Å². The number of nitrogens with zero attached hydrogens (tertiary/aromatic N) is 1. The minimum atomic E-state index is -3.02. The highest BCUT2D eigenvalue weighted by Gasteiger charge is 2.29. The summed E-state index contributed by atoms with van der Waals surface area (Å²) in [7, 11) is -3.02. The number of sulfone groups is 1. The van der Waals surface area contributed by atoms with Gasteiger partial charge in [0.25, 0.3) is 5.91 Å². The zero-order valence-electron chi connectivity index (χ0n) is 10.8. The van der Waals surface area contributed by atoms with E-state index in [1.165, 1.54) is 12.4 Å². The van der Waals surface area contributed by atoms with E-state index in [1.807, 2.05) is 0 Å². The van der Waals surface area contributed by atoms with Crippen LogP contribution < -0.4 is 11.1 Å². The Labute approximate surface area is 117 Å². The van der Waals surface area contributed by atoms with Crippen LogP contribution in [0, 0.1) is 11.8 Å². The van der Waals surface area contributed by atoms with Crippen LogP contribution in [-0.4, -0.2) is 43.4 Å². The van der Waals surface area contributed by atoms with Crippen molar-refractivity contribution < 1.29 is 13.2 Å². The first-order valence-electron chi connectivity index (χ1n) is 6.16. The average molecular weight is 293 g/mol. The monoisotopic (exact) mass is 293 g/mol. The van der Waals surface area contributed by atoms with Gasteiger partial charge in [0.05, 0.1) is 29.2 Å². The van der Waals surface area contributed by atoms with E-state index in [0.29, 0.717) is 17.5 Å².